The molecule has 20 heavy (non-hydrogen) atoms. The minimum Gasteiger partial charge on any atom is -0.493 e. The van der Waals surface area contributed by atoms with Crippen LogP contribution < -0.4 is 4.74 Å². The van der Waals surface area contributed by atoms with Gasteiger partial charge in [0.25, 0.3) is 0 Å². The number of carbonyl (C=O) groups is 1. The van der Waals surface area contributed by atoms with Crippen LogP contribution in [0, 0.1) is 13.8 Å². The Morgan fingerprint density at radius 3 is 2.55 bits per heavy atom. The predicted octanol–water partition coefficient (Wildman–Crippen LogP) is 4.59. The predicted molar refractivity (Wildman–Crippen MR) is 82.0 cm³/mol. The highest BCUT2D eigenvalue weighted by Gasteiger charge is 2.15. The van der Waals surface area contributed by atoms with Gasteiger partial charge in [-0.3, -0.25) is 4.79 Å². The van der Waals surface area contributed by atoms with Crippen molar-refractivity contribution in [3.63, 3.8) is 0 Å². The Balaban J connectivity index is 2.46. The molecule has 0 spiro atoms. The molecule has 0 aliphatic rings. The van der Waals surface area contributed by atoms with Gasteiger partial charge < -0.3 is 4.74 Å². The van der Waals surface area contributed by atoms with Crippen LogP contribution in [0.1, 0.15) is 34.0 Å². The first-order valence-electron chi connectivity index (χ1n) is 6.57. The van der Waals surface area contributed by atoms with Crippen LogP contribution >= 0.6 is 11.6 Å². The van der Waals surface area contributed by atoms with Crippen molar-refractivity contribution in [2.45, 2.75) is 20.8 Å². The zero-order valence-electron chi connectivity index (χ0n) is 11.9. The van der Waals surface area contributed by atoms with Gasteiger partial charge in [0.15, 0.2) is 5.78 Å². The van der Waals surface area contributed by atoms with Crippen molar-refractivity contribution in [2.75, 3.05) is 6.61 Å². The molecule has 0 fully saturated rings. The van der Waals surface area contributed by atoms with Crippen molar-refractivity contribution in [2.24, 2.45) is 0 Å². The maximum Gasteiger partial charge on any atom is 0.196 e. The molecule has 0 radical (unpaired) electrons. The van der Waals surface area contributed by atoms with Gasteiger partial charge in [-0.15, -0.1) is 0 Å². The largest absolute Gasteiger partial charge is 0.493 e. The average Bonchev–Trinajstić information content (AvgIpc) is 2.43. The molecular weight excluding hydrogens is 272 g/mol. The summed E-state index contributed by atoms with van der Waals surface area (Å²) in [6, 6.07) is 10.9. The van der Waals surface area contributed by atoms with Gasteiger partial charge in [-0.05, 0) is 56.7 Å². The molecule has 3 heteroatoms. The fraction of sp³-hybridized carbons (Fsp3) is 0.235. The standard InChI is InChI=1S/C17H17ClO2/c1-4-20-16-8-5-11(2)9-14(16)17(19)13-6-7-15(18)12(3)10-13/h5-10H,4H2,1-3H3. The second-order valence-electron chi connectivity index (χ2n) is 4.73. The molecule has 0 bridgehead atoms. The first-order chi connectivity index (χ1) is 9.52. The zero-order valence-corrected chi connectivity index (χ0v) is 12.6. The van der Waals surface area contributed by atoms with Crippen LogP contribution in [0.15, 0.2) is 36.4 Å². The lowest BCUT2D eigenvalue weighted by Crippen LogP contribution is -2.06. The van der Waals surface area contributed by atoms with E-state index in [2.05, 4.69) is 0 Å². The van der Waals surface area contributed by atoms with Crippen molar-refractivity contribution in [3.05, 3.63) is 63.7 Å². The summed E-state index contributed by atoms with van der Waals surface area (Å²) in [6.07, 6.45) is 0. The molecule has 0 aliphatic heterocycles. The third-order valence-electron chi connectivity index (χ3n) is 3.10. The summed E-state index contributed by atoms with van der Waals surface area (Å²) in [5, 5.41) is 0.663. The van der Waals surface area contributed by atoms with E-state index in [1.54, 1.807) is 12.1 Å². The SMILES string of the molecule is CCOc1ccc(C)cc1C(=O)c1ccc(Cl)c(C)c1. The molecule has 0 aromatic heterocycles. The van der Waals surface area contributed by atoms with Gasteiger partial charge in [0.2, 0.25) is 0 Å². The summed E-state index contributed by atoms with van der Waals surface area (Å²) in [5.74, 6) is 0.576. The molecular formula is C17H17ClO2. The minimum absolute atomic E-state index is 0.0445. The molecule has 0 saturated carbocycles. The Kier molecular flexibility index (Phi) is 4.46. The molecule has 0 amide bonds. The monoisotopic (exact) mass is 288 g/mol. The van der Waals surface area contributed by atoms with Crippen LogP contribution in [0.25, 0.3) is 0 Å². The Hall–Kier alpha value is -1.80. The molecule has 2 aromatic rings. The van der Waals surface area contributed by atoms with Crippen LogP contribution in [-0.4, -0.2) is 12.4 Å². The minimum atomic E-state index is -0.0445. The first kappa shape index (κ1) is 14.6. The second kappa shape index (κ2) is 6.10. The number of ketones is 1. The summed E-state index contributed by atoms with van der Waals surface area (Å²) in [5.41, 5.74) is 3.14. The van der Waals surface area contributed by atoms with Crippen LogP contribution in [0.4, 0.5) is 0 Å². The van der Waals surface area contributed by atoms with E-state index in [9.17, 15) is 4.79 Å². The van der Waals surface area contributed by atoms with Gasteiger partial charge in [0, 0.05) is 10.6 Å². The van der Waals surface area contributed by atoms with Gasteiger partial charge >= 0.3 is 0 Å². The van der Waals surface area contributed by atoms with Gasteiger partial charge in [0.05, 0.1) is 12.2 Å². The number of hydrogen-bond donors (Lipinski definition) is 0. The second-order valence-corrected chi connectivity index (χ2v) is 5.13. The van der Waals surface area contributed by atoms with Crippen molar-refractivity contribution < 1.29 is 9.53 Å². The van der Waals surface area contributed by atoms with Crippen molar-refractivity contribution in [1.82, 2.24) is 0 Å². The van der Waals surface area contributed by atoms with E-state index < -0.39 is 0 Å². The lowest BCUT2D eigenvalue weighted by atomic mass is 9.99. The normalized spacial score (nSPS) is 10.4. The van der Waals surface area contributed by atoms with Crippen LogP contribution in [-0.2, 0) is 0 Å². The van der Waals surface area contributed by atoms with Gasteiger partial charge in [-0.25, -0.2) is 0 Å². The number of benzene rings is 2. The molecule has 0 saturated heterocycles. The molecule has 0 N–H and O–H groups in total. The number of carbonyl (C=O) groups excluding carboxylic acids is 1. The topological polar surface area (TPSA) is 26.3 Å². The highest BCUT2D eigenvalue weighted by Crippen LogP contribution is 2.25. The summed E-state index contributed by atoms with van der Waals surface area (Å²) >= 11 is 6.00. The molecule has 2 aromatic carbocycles. The molecule has 0 heterocycles. The van der Waals surface area contributed by atoms with Crippen molar-refractivity contribution >= 4 is 17.4 Å². The van der Waals surface area contributed by atoms with Gasteiger partial charge in [-0.1, -0.05) is 23.2 Å². The van der Waals surface area contributed by atoms with Gasteiger partial charge in [-0.2, -0.15) is 0 Å². The summed E-state index contributed by atoms with van der Waals surface area (Å²) in [6.45, 7) is 6.28. The fourth-order valence-corrected chi connectivity index (χ4v) is 2.16. The molecule has 2 nitrogen and oxygen atoms in total. The molecule has 0 atom stereocenters. The Morgan fingerprint density at radius 2 is 1.90 bits per heavy atom. The Morgan fingerprint density at radius 1 is 1.15 bits per heavy atom. The Labute approximate surface area is 124 Å². The molecule has 0 unspecified atom stereocenters. The number of halogens is 1. The van der Waals surface area contributed by atoms with Crippen molar-refractivity contribution in [1.29, 1.82) is 0 Å². The number of ether oxygens (including phenoxy) is 1. The fourth-order valence-electron chi connectivity index (χ4n) is 2.04. The Bertz CT molecular complexity index is 647. The summed E-state index contributed by atoms with van der Waals surface area (Å²) in [7, 11) is 0. The van der Waals surface area contributed by atoms with E-state index >= 15 is 0 Å². The maximum atomic E-state index is 12.6. The lowest BCUT2D eigenvalue weighted by molar-refractivity contribution is 0.103. The van der Waals surface area contributed by atoms with E-state index in [1.807, 2.05) is 45.0 Å². The highest BCUT2D eigenvalue weighted by molar-refractivity contribution is 6.31. The van der Waals surface area contributed by atoms with Gasteiger partial charge in [0.1, 0.15) is 5.75 Å². The zero-order chi connectivity index (χ0) is 14.7. The molecule has 0 aliphatic carbocycles. The molecule has 2 rings (SSSR count). The number of aryl methyl sites for hydroxylation is 2. The van der Waals surface area contributed by atoms with E-state index in [0.717, 1.165) is 11.1 Å². The van der Waals surface area contributed by atoms with E-state index in [1.165, 1.54) is 0 Å². The third-order valence-corrected chi connectivity index (χ3v) is 3.52. The van der Waals surface area contributed by atoms with Crippen molar-refractivity contribution in [3.8, 4) is 5.75 Å². The first-order valence-corrected chi connectivity index (χ1v) is 6.95. The lowest BCUT2D eigenvalue weighted by Gasteiger charge is -2.11. The quantitative estimate of drug-likeness (QED) is 0.769. The number of hydrogen-bond acceptors (Lipinski definition) is 2. The summed E-state index contributed by atoms with van der Waals surface area (Å²) in [4.78, 5) is 12.6. The third kappa shape index (κ3) is 3.02. The van der Waals surface area contributed by atoms with E-state index in [4.69, 9.17) is 16.3 Å². The average molecular weight is 289 g/mol. The van der Waals surface area contributed by atoms with Crippen LogP contribution in [0.5, 0.6) is 5.75 Å². The molecule has 104 valence electrons. The van der Waals surface area contributed by atoms with E-state index in [0.29, 0.717) is 28.5 Å². The highest BCUT2D eigenvalue weighted by atomic mass is 35.5. The number of rotatable bonds is 4. The maximum absolute atomic E-state index is 12.6. The van der Waals surface area contributed by atoms with Crippen LogP contribution in [0.2, 0.25) is 5.02 Å². The summed E-state index contributed by atoms with van der Waals surface area (Å²) < 4.78 is 5.54. The smallest absolute Gasteiger partial charge is 0.196 e. The van der Waals surface area contributed by atoms with Crippen LogP contribution in [0.3, 0.4) is 0 Å². The van der Waals surface area contributed by atoms with E-state index in [-0.39, 0.29) is 5.78 Å².